The molecule has 0 amide bonds. The molecular formula is C9H19NO2. The van der Waals surface area contributed by atoms with Crippen molar-refractivity contribution in [3.05, 3.63) is 0 Å². The van der Waals surface area contributed by atoms with Crippen LogP contribution in [0.15, 0.2) is 0 Å². The number of hydrogen-bond acceptors (Lipinski definition) is 3. The minimum atomic E-state index is -0.436. The van der Waals surface area contributed by atoms with Crippen LogP contribution in [0.3, 0.4) is 0 Å². The molecule has 0 saturated carbocycles. The first-order valence-corrected chi connectivity index (χ1v) is 4.50. The summed E-state index contributed by atoms with van der Waals surface area (Å²) in [6.45, 7) is 6.46. The normalized spacial score (nSPS) is 13.1. The molecule has 0 radical (unpaired) electrons. The second-order valence-corrected chi connectivity index (χ2v) is 3.42. The Morgan fingerprint density at radius 1 is 1.50 bits per heavy atom. The summed E-state index contributed by atoms with van der Waals surface area (Å²) in [7, 11) is 0. The predicted molar refractivity (Wildman–Crippen MR) is 48.7 cm³/mol. The highest BCUT2D eigenvalue weighted by molar-refractivity contribution is 5.75. The number of nitrogens with two attached hydrogens (primary N) is 1. The van der Waals surface area contributed by atoms with Gasteiger partial charge in [-0.2, -0.15) is 0 Å². The van der Waals surface area contributed by atoms with Crippen LogP contribution in [0, 0.1) is 5.92 Å². The molecule has 72 valence electrons. The molecule has 0 aromatic rings. The minimum Gasteiger partial charge on any atom is -0.464 e. The molecule has 0 heterocycles. The molecule has 1 atom stereocenters. The van der Waals surface area contributed by atoms with E-state index in [4.69, 9.17) is 10.5 Å². The highest BCUT2D eigenvalue weighted by Crippen LogP contribution is 1.98. The van der Waals surface area contributed by atoms with Crippen molar-refractivity contribution in [3.8, 4) is 0 Å². The van der Waals surface area contributed by atoms with E-state index < -0.39 is 6.04 Å². The zero-order valence-electron chi connectivity index (χ0n) is 8.17. The summed E-state index contributed by atoms with van der Waals surface area (Å²) < 4.78 is 4.95. The number of carbonyl (C=O) groups excluding carboxylic acids is 1. The van der Waals surface area contributed by atoms with Gasteiger partial charge < -0.3 is 10.5 Å². The number of esters is 1. The number of carbonyl (C=O) groups is 1. The van der Waals surface area contributed by atoms with Gasteiger partial charge in [0.15, 0.2) is 0 Å². The van der Waals surface area contributed by atoms with Crippen LogP contribution in [-0.2, 0) is 9.53 Å². The lowest BCUT2D eigenvalue weighted by molar-refractivity contribution is -0.146. The molecule has 0 saturated heterocycles. The zero-order chi connectivity index (χ0) is 9.56. The van der Waals surface area contributed by atoms with Gasteiger partial charge >= 0.3 is 5.97 Å². The molecule has 12 heavy (non-hydrogen) atoms. The van der Waals surface area contributed by atoms with Crippen LogP contribution in [0.4, 0.5) is 0 Å². The molecule has 0 aromatic heterocycles. The summed E-state index contributed by atoms with van der Waals surface area (Å²) in [4.78, 5) is 11.1. The minimum absolute atomic E-state index is 0.273. The van der Waals surface area contributed by atoms with E-state index >= 15 is 0 Å². The van der Waals surface area contributed by atoms with E-state index in [1.54, 1.807) is 0 Å². The lowest BCUT2D eigenvalue weighted by atomic mass is 10.2. The van der Waals surface area contributed by atoms with Gasteiger partial charge in [-0.15, -0.1) is 0 Å². The van der Waals surface area contributed by atoms with Gasteiger partial charge in [0.1, 0.15) is 6.04 Å². The molecule has 0 bridgehead atoms. The van der Waals surface area contributed by atoms with E-state index in [2.05, 4.69) is 0 Å². The number of ether oxygens (including phenoxy) is 1. The Morgan fingerprint density at radius 2 is 2.08 bits per heavy atom. The van der Waals surface area contributed by atoms with Crippen molar-refractivity contribution in [2.75, 3.05) is 6.61 Å². The van der Waals surface area contributed by atoms with Gasteiger partial charge in [0.05, 0.1) is 6.61 Å². The van der Waals surface area contributed by atoms with Crippen LogP contribution in [0.25, 0.3) is 0 Å². The Kier molecular flexibility index (Phi) is 5.72. The Hall–Kier alpha value is -0.570. The molecular weight excluding hydrogens is 154 g/mol. The van der Waals surface area contributed by atoms with Gasteiger partial charge in [-0.05, 0) is 12.3 Å². The summed E-state index contributed by atoms with van der Waals surface area (Å²) in [5.41, 5.74) is 5.54. The standard InChI is InChI=1S/C9H19NO2/c1-4-5-8(10)9(11)12-6-7(2)3/h7-8H,4-6,10H2,1-3H3. The molecule has 0 spiro atoms. The molecule has 0 aliphatic rings. The van der Waals surface area contributed by atoms with Crippen molar-refractivity contribution >= 4 is 5.97 Å². The third kappa shape index (κ3) is 5.13. The predicted octanol–water partition coefficient (Wildman–Crippen LogP) is 1.31. The fourth-order valence-corrected chi connectivity index (χ4v) is 0.785. The van der Waals surface area contributed by atoms with Gasteiger partial charge in [-0.25, -0.2) is 0 Å². The molecule has 3 heteroatoms. The molecule has 0 fully saturated rings. The van der Waals surface area contributed by atoms with E-state index in [-0.39, 0.29) is 5.97 Å². The molecule has 0 aromatic carbocycles. The highest BCUT2D eigenvalue weighted by Gasteiger charge is 2.13. The zero-order valence-corrected chi connectivity index (χ0v) is 8.17. The number of hydrogen-bond donors (Lipinski definition) is 1. The lowest BCUT2D eigenvalue weighted by Gasteiger charge is -2.11. The van der Waals surface area contributed by atoms with Crippen molar-refractivity contribution in [3.63, 3.8) is 0 Å². The van der Waals surface area contributed by atoms with E-state index in [0.717, 1.165) is 6.42 Å². The summed E-state index contributed by atoms with van der Waals surface area (Å²) >= 11 is 0. The fourth-order valence-electron chi connectivity index (χ4n) is 0.785. The van der Waals surface area contributed by atoms with Gasteiger partial charge in [0, 0.05) is 0 Å². The first-order chi connectivity index (χ1) is 5.57. The smallest absolute Gasteiger partial charge is 0.322 e. The van der Waals surface area contributed by atoms with Crippen molar-refractivity contribution in [1.29, 1.82) is 0 Å². The van der Waals surface area contributed by atoms with Gasteiger partial charge in [-0.3, -0.25) is 4.79 Å². The van der Waals surface area contributed by atoms with E-state index in [0.29, 0.717) is 18.9 Å². The van der Waals surface area contributed by atoms with Crippen molar-refractivity contribution in [1.82, 2.24) is 0 Å². The first-order valence-electron chi connectivity index (χ1n) is 4.50. The second-order valence-electron chi connectivity index (χ2n) is 3.42. The summed E-state index contributed by atoms with van der Waals surface area (Å²) in [5.74, 6) is 0.105. The fraction of sp³-hybridized carbons (Fsp3) is 0.889. The van der Waals surface area contributed by atoms with Gasteiger partial charge in [0.25, 0.3) is 0 Å². The average Bonchev–Trinajstić information content (AvgIpc) is 2.00. The highest BCUT2D eigenvalue weighted by atomic mass is 16.5. The van der Waals surface area contributed by atoms with Gasteiger partial charge in [-0.1, -0.05) is 27.2 Å². The number of rotatable bonds is 5. The first kappa shape index (κ1) is 11.4. The van der Waals surface area contributed by atoms with E-state index in [1.165, 1.54) is 0 Å². The quantitative estimate of drug-likeness (QED) is 0.638. The van der Waals surface area contributed by atoms with Gasteiger partial charge in [0.2, 0.25) is 0 Å². The summed E-state index contributed by atoms with van der Waals surface area (Å²) in [5, 5.41) is 0. The molecule has 0 rings (SSSR count). The SMILES string of the molecule is CCCC(N)C(=O)OCC(C)C. The Bertz CT molecular complexity index is 134. The molecule has 2 N–H and O–H groups in total. The third-order valence-electron chi connectivity index (χ3n) is 1.46. The van der Waals surface area contributed by atoms with Crippen LogP contribution in [0.1, 0.15) is 33.6 Å². The van der Waals surface area contributed by atoms with Crippen LogP contribution in [-0.4, -0.2) is 18.6 Å². The third-order valence-corrected chi connectivity index (χ3v) is 1.46. The molecule has 0 aliphatic heterocycles. The Balaban J connectivity index is 3.57. The molecule has 3 nitrogen and oxygen atoms in total. The Morgan fingerprint density at radius 3 is 2.50 bits per heavy atom. The van der Waals surface area contributed by atoms with Crippen molar-refractivity contribution in [2.24, 2.45) is 11.7 Å². The molecule has 1 unspecified atom stereocenters. The van der Waals surface area contributed by atoms with E-state index in [1.807, 2.05) is 20.8 Å². The maximum Gasteiger partial charge on any atom is 0.322 e. The Labute approximate surface area is 74.3 Å². The van der Waals surface area contributed by atoms with E-state index in [9.17, 15) is 4.79 Å². The second kappa shape index (κ2) is 6.00. The van der Waals surface area contributed by atoms with Crippen LogP contribution < -0.4 is 5.73 Å². The monoisotopic (exact) mass is 173 g/mol. The van der Waals surface area contributed by atoms with Crippen molar-refractivity contribution < 1.29 is 9.53 Å². The summed E-state index contributed by atoms with van der Waals surface area (Å²) in [6.07, 6.45) is 1.62. The van der Waals surface area contributed by atoms with Crippen LogP contribution in [0.2, 0.25) is 0 Å². The topological polar surface area (TPSA) is 52.3 Å². The largest absolute Gasteiger partial charge is 0.464 e. The lowest BCUT2D eigenvalue weighted by Crippen LogP contribution is -2.32. The van der Waals surface area contributed by atoms with Crippen molar-refractivity contribution in [2.45, 2.75) is 39.7 Å². The maximum atomic E-state index is 11.1. The van der Waals surface area contributed by atoms with Crippen LogP contribution in [0.5, 0.6) is 0 Å². The molecule has 0 aliphatic carbocycles. The average molecular weight is 173 g/mol. The maximum absolute atomic E-state index is 11.1. The summed E-state index contributed by atoms with van der Waals surface area (Å²) in [6, 6.07) is -0.436. The van der Waals surface area contributed by atoms with Crippen LogP contribution >= 0.6 is 0 Å².